The number of nitrogens with zero attached hydrogens (tertiary/aromatic N) is 2. The smallest absolute Gasteiger partial charge is 0.221 e. The highest BCUT2D eigenvalue weighted by atomic mass is 32.2. The van der Waals surface area contributed by atoms with Gasteiger partial charge in [-0.15, -0.1) is 23.1 Å². The normalized spacial score (nSPS) is 14.3. The second-order valence-corrected chi connectivity index (χ2v) is 9.65. The maximum absolute atomic E-state index is 12.2. The lowest BCUT2D eigenvalue weighted by molar-refractivity contribution is -0.123. The molecule has 2 heterocycles. The molecule has 0 fully saturated rings. The highest BCUT2D eigenvalue weighted by Crippen LogP contribution is 2.39. The van der Waals surface area contributed by atoms with Crippen LogP contribution in [0.5, 0.6) is 0 Å². The minimum atomic E-state index is -0.498. The van der Waals surface area contributed by atoms with Crippen LogP contribution in [-0.4, -0.2) is 33.0 Å². The SMILES string of the molecule is CC(=O)CC(C)(C)NC(=O)CCSc1ncnc2sc3c(c12)CCCC3. The summed E-state index contributed by atoms with van der Waals surface area (Å²) in [5.74, 6) is 0.718. The Hall–Kier alpha value is -1.47. The zero-order valence-corrected chi connectivity index (χ0v) is 17.2. The van der Waals surface area contributed by atoms with Crippen molar-refractivity contribution in [1.82, 2.24) is 15.3 Å². The molecule has 0 aromatic carbocycles. The third-order valence-corrected chi connectivity index (χ3v) is 6.64. The fourth-order valence-electron chi connectivity index (χ4n) is 3.52. The zero-order valence-electron chi connectivity index (χ0n) is 15.6. The molecule has 1 aliphatic carbocycles. The van der Waals surface area contributed by atoms with Gasteiger partial charge in [-0.2, -0.15) is 0 Å². The van der Waals surface area contributed by atoms with E-state index >= 15 is 0 Å². The summed E-state index contributed by atoms with van der Waals surface area (Å²) in [5.41, 5.74) is 0.925. The fourth-order valence-corrected chi connectivity index (χ4v) is 5.78. The topological polar surface area (TPSA) is 72.0 Å². The van der Waals surface area contributed by atoms with Crippen molar-refractivity contribution in [3.05, 3.63) is 16.8 Å². The van der Waals surface area contributed by atoms with Crippen molar-refractivity contribution in [2.24, 2.45) is 0 Å². The Morgan fingerprint density at radius 1 is 1.27 bits per heavy atom. The first kappa shape index (κ1) is 19.3. The molecule has 0 aliphatic heterocycles. The van der Waals surface area contributed by atoms with Crippen LogP contribution in [0.15, 0.2) is 11.4 Å². The van der Waals surface area contributed by atoms with E-state index in [4.69, 9.17) is 0 Å². The average molecular weight is 392 g/mol. The van der Waals surface area contributed by atoms with Crippen molar-refractivity contribution in [2.45, 2.75) is 69.9 Å². The number of ketones is 1. The number of aryl methyl sites for hydroxylation is 2. The number of aromatic nitrogens is 2. The van der Waals surface area contributed by atoms with Gasteiger partial charge in [0, 0.05) is 34.4 Å². The largest absolute Gasteiger partial charge is 0.351 e. The van der Waals surface area contributed by atoms with Gasteiger partial charge in [0.05, 0.1) is 0 Å². The molecular formula is C19H25N3O2S2. The maximum Gasteiger partial charge on any atom is 0.221 e. The summed E-state index contributed by atoms with van der Waals surface area (Å²) >= 11 is 3.41. The summed E-state index contributed by atoms with van der Waals surface area (Å²) in [6, 6.07) is 0. The number of fused-ring (bicyclic) bond motifs is 3. The molecule has 0 saturated heterocycles. The van der Waals surface area contributed by atoms with Crippen LogP contribution >= 0.6 is 23.1 Å². The Balaban J connectivity index is 1.63. The quantitative estimate of drug-likeness (QED) is 0.572. The average Bonchev–Trinajstić information content (AvgIpc) is 2.92. The highest BCUT2D eigenvalue weighted by Gasteiger charge is 2.23. The molecule has 140 valence electrons. The number of carbonyl (C=O) groups is 2. The van der Waals surface area contributed by atoms with Gasteiger partial charge >= 0.3 is 0 Å². The van der Waals surface area contributed by atoms with E-state index in [1.165, 1.54) is 28.7 Å². The van der Waals surface area contributed by atoms with Crippen LogP contribution in [0, 0.1) is 0 Å². The van der Waals surface area contributed by atoms with Crippen LogP contribution in [0.4, 0.5) is 0 Å². The highest BCUT2D eigenvalue weighted by molar-refractivity contribution is 7.99. The summed E-state index contributed by atoms with van der Waals surface area (Å²) in [6.07, 6.45) is 7.12. The van der Waals surface area contributed by atoms with Crippen LogP contribution in [0.3, 0.4) is 0 Å². The Kier molecular flexibility index (Phi) is 5.97. The third-order valence-electron chi connectivity index (χ3n) is 4.45. The minimum absolute atomic E-state index is 0.0265. The number of thioether (sulfide) groups is 1. The summed E-state index contributed by atoms with van der Waals surface area (Å²) in [5, 5.41) is 5.15. The predicted octanol–water partition coefficient (Wildman–Crippen LogP) is 3.93. The first-order valence-electron chi connectivity index (χ1n) is 9.04. The van der Waals surface area contributed by atoms with Crippen LogP contribution in [-0.2, 0) is 22.4 Å². The fraction of sp³-hybridized carbons (Fsp3) is 0.579. The van der Waals surface area contributed by atoms with Crippen molar-refractivity contribution >= 4 is 45.0 Å². The molecule has 2 aromatic heterocycles. The first-order valence-corrected chi connectivity index (χ1v) is 10.8. The van der Waals surface area contributed by atoms with E-state index < -0.39 is 5.54 Å². The number of hydrogen-bond acceptors (Lipinski definition) is 6. The van der Waals surface area contributed by atoms with Gasteiger partial charge in [0.2, 0.25) is 5.91 Å². The second kappa shape index (κ2) is 8.05. The van der Waals surface area contributed by atoms with E-state index in [-0.39, 0.29) is 11.7 Å². The van der Waals surface area contributed by atoms with Gasteiger partial charge < -0.3 is 5.32 Å². The molecule has 26 heavy (non-hydrogen) atoms. The molecular weight excluding hydrogens is 366 g/mol. The Morgan fingerprint density at radius 3 is 2.81 bits per heavy atom. The van der Waals surface area contributed by atoms with E-state index in [0.29, 0.717) is 18.6 Å². The van der Waals surface area contributed by atoms with E-state index in [9.17, 15) is 9.59 Å². The molecule has 0 saturated carbocycles. The van der Waals surface area contributed by atoms with Gasteiger partial charge in [-0.1, -0.05) is 0 Å². The second-order valence-electron chi connectivity index (χ2n) is 7.48. The molecule has 0 spiro atoms. The first-order chi connectivity index (χ1) is 12.4. The van der Waals surface area contributed by atoms with E-state index in [1.54, 1.807) is 36.3 Å². The summed E-state index contributed by atoms with van der Waals surface area (Å²) in [4.78, 5) is 35.0. The Morgan fingerprint density at radius 2 is 2.04 bits per heavy atom. The Labute approximate surface area is 162 Å². The standard InChI is InChI=1S/C19H25N3O2S2/c1-12(23)10-19(2,3)22-15(24)8-9-25-17-16-13-6-4-5-7-14(13)26-18(16)21-11-20-17/h11H,4-10H2,1-3H3,(H,22,24). The number of carbonyl (C=O) groups excluding carboxylic acids is 2. The van der Waals surface area contributed by atoms with Crippen LogP contribution in [0.25, 0.3) is 10.2 Å². The number of hydrogen-bond donors (Lipinski definition) is 1. The molecule has 5 nitrogen and oxygen atoms in total. The number of Topliss-reactive ketones (excluding diaryl/α,β-unsaturated/α-hetero) is 1. The van der Waals surface area contributed by atoms with E-state index in [2.05, 4.69) is 15.3 Å². The predicted molar refractivity (Wildman–Crippen MR) is 107 cm³/mol. The maximum atomic E-state index is 12.2. The molecule has 7 heteroatoms. The molecule has 1 N–H and O–H groups in total. The van der Waals surface area contributed by atoms with Crippen molar-refractivity contribution < 1.29 is 9.59 Å². The zero-order chi connectivity index (χ0) is 18.7. The minimum Gasteiger partial charge on any atom is -0.351 e. The lowest BCUT2D eigenvalue weighted by atomic mass is 9.97. The van der Waals surface area contributed by atoms with Crippen LogP contribution < -0.4 is 5.32 Å². The monoisotopic (exact) mass is 391 g/mol. The van der Waals surface area contributed by atoms with Gasteiger partial charge in [0.15, 0.2) is 0 Å². The van der Waals surface area contributed by atoms with Crippen molar-refractivity contribution in [2.75, 3.05) is 5.75 Å². The summed E-state index contributed by atoms with van der Waals surface area (Å²) < 4.78 is 0. The third kappa shape index (κ3) is 4.62. The van der Waals surface area contributed by atoms with E-state index in [1.807, 2.05) is 13.8 Å². The molecule has 0 unspecified atom stereocenters. The summed E-state index contributed by atoms with van der Waals surface area (Å²) in [7, 11) is 0. The molecule has 2 aromatic rings. The number of rotatable bonds is 7. The molecule has 1 aliphatic rings. The van der Waals surface area contributed by atoms with Crippen LogP contribution in [0.2, 0.25) is 0 Å². The van der Waals surface area contributed by atoms with Gasteiger partial charge in [0.1, 0.15) is 22.0 Å². The molecule has 0 atom stereocenters. The number of nitrogens with one attached hydrogen (secondary N) is 1. The molecule has 1 amide bonds. The van der Waals surface area contributed by atoms with Crippen LogP contribution in [0.1, 0.15) is 56.9 Å². The molecule has 0 radical (unpaired) electrons. The Bertz CT molecular complexity index is 830. The number of thiophene rings is 1. The summed E-state index contributed by atoms with van der Waals surface area (Å²) in [6.45, 7) is 5.31. The molecule has 0 bridgehead atoms. The van der Waals surface area contributed by atoms with Gasteiger partial charge in [0.25, 0.3) is 0 Å². The van der Waals surface area contributed by atoms with Crippen molar-refractivity contribution in [3.63, 3.8) is 0 Å². The lowest BCUT2D eigenvalue weighted by Gasteiger charge is -2.25. The van der Waals surface area contributed by atoms with Gasteiger partial charge in [-0.3, -0.25) is 9.59 Å². The van der Waals surface area contributed by atoms with E-state index in [0.717, 1.165) is 22.7 Å². The van der Waals surface area contributed by atoms with Gasteiger partial charge in [-0.05, 0) is 52.0 Å². The van der Waals surface area contributed by atoms with Crippen molar-refractivity contribution in [3.8, 4) is 0 Å². The molecule has 3 rings (SSSR count). The lowest BCUT2D eigenvalue weighted by Crippen LogP contribution is -2.44. The number of amides is 1. The van der Waals surface area contributed by atoms with Gasteiger partial charge in [-0.25, -0.2) is 9.97 Å². The van der Waals surface area contributed by atoms with Crippen molar-refractivity contribution in [1.29, 1.82) is 0 Å².